The number of amides is 2. The molecule has 2 amide bonds. The molecular weight excluding hydrogens is 332 g/mol. The van der Waals surface area contributed by atoms with E-state index < -0.39 is 0 Å². The summed E-state index contributed by atoms with van der Waals surface area (Å²) in [5.41, 5.74) is 3.02. The van der Waals surface area contributed by atoms with Crippen LogP contribution >= 0.6 is 15.9 Å². The molecule has 0 aliphatic rings. The maximum Gasteiger partial charge on any atom is 0.255 e. The van der Waals surface area contributed by atoms with Crippen molar-refractivity contribution in [2.75, 3.05) is 16.0 Å². The molecule has 0 fully saturated rings. The Morgan fingerprint density at radius 1 is 1.00 bits per heavy atom. The molecule has 0 radical (unpaired) electrons. The summed E-state index contributed by atoms with van der Waals surface area (Å²) in [6, 6.07) is 14.4. The van der Waals surface area contributed by atoms with Gasteiger partial charge in [0.1, 0.15) is 0 Å². The van der Waals surface area contributed by atoms with Crippen LogP contribution in [-0.4, -0.2) is 17.1 Å². The van der Waals surface area contributed by atoms with Crippen LogP contribution in [0, 0.1) is 6.92 Å². The largest absolute Gasteiger partial charge is 0.325 e. The second-order valence-electron chi connectivity index (χ2n) is 4.58. The van der Waals surface area contributed by atoms with E-state index >= 15 is 0 Å². The molecule has 0 spiro atoms. The number of anilines is 2. The van der Waals surface area contributed by atoms with E-state index in [0.29, 0.717) is 16.9 Å². The summed E-state index contributed by atoms with van der Waals surface area (Å²) in [6.45, 7) is 1.94. The minimum atomic E-state index is -0.157. The third kappa shape index (κ3) is 4.43. The highest BCUT2D eigenvalue weighted by molar-refractivity contribution is 9.09. The van der Waals surface area contributed by atoms with Gasteiger partial charge in [-0.3, -0.25) is 9.59 Å². The molecule has 0 aliphatic carbocycles. The van der Waals surface area contributed by atoms with Crippen molar-refractivity contribution in [1.82, 2.24) is 0 Å². The summed E-state index contributed by atoms with van der Waals surface area (Å²) < 4.78 is 0. The van der Waals surface area contributed by atoms with Gasteiger partial charge in [0.05, 0.1) is 5.33 Å². The first-order valence-electron chi connectivity index (χ1n) is 6.42. The van der Waals surface area contributed by atoms with E-state index in [9.17, 15) is 9.59 Å². The number of rotatable bonds is 4. The number of benzene rings is 2. The summed E-state index contributed by atoms with van der Waals surface area (Å²) >= 11 is 3.08. The van der Waals surface area contributed by atoms with Crippen LogP contribution in [0.15, 0.2) is 48.5 Å². The molecule has 108 valence electrons. The predicted octanol–water partition coefficient (Wildman–Crippen LogP) is 3.58. The molecule has 0 bridgehead atoms. The average Bonchev–Trinajstić information content (AvgIpc) is 2.49. The van der Waals surface area contributed by atoms with E-state index in [2.05, 4.69) is 26.6 Å². The molecule has 2 rings (SSSR count). The first-order valence-corrected chi connectivity index (χ1v) is 7.54. The van der Waals surface area contributed by atoms with Gasteiger partial charge in [-0.05, 0) is 43.3 Å². The topological polar surface area (TPSA) is 58.2 Å². The zero-order chi connectivity index (χ0) is 15.2. The zero-order valence-electron chi connectivity index (χ0n) is 11.5. The lowest BCUT2D eigenvalue weighted by molar-refractivity contribution is -0.113. The summed E-state index contributed by atoms with van der Waals surface area (Å²) in [7, 11) is 0. The number of halogens is 1. The Bertz CT molecular complexity index is 654. The summed E-state index contributed by atoms with van der Waals surface area (Å²) in [5, 5.41) is 5.78. The molecule has 0 saturated heterocycles. The molecule has 0 heterocycles. The molecule has 0 saturated carbocycles. The SMILES string of the molecule is Cc1cccc(C(=O)Nc2ccc(NC(=O)CBr)cc2)c1. The number of carbonyl (C=O) groups excluding carboxylic acids is 2. The van der Waals surface area contributed by atoms with Crippen molar-refractivity contribution < 1.29 is 9.59 Å². The Kier molecular flexibility index (Phi) is 5.11. The summed E-state index contributed by atoms with van der Waals surface area (Å²) in [5.74, 6) is -0.275. The average molecular weight is 347 g/mol. The standard InChI is InChI=1S/C16H15BrN2O2/c1-11-3-2-4-12(9-11)16(21)19-14-7-5-13(6-8-14)18-15(20)10-17/h2-9H,10H2,1H3,(H,18,20)(H,19,21). The first-order chi connectivity index (χ1) is 10.1. The molecule has 0 atom stereocenters. The highest BCUT2D eigenvalue weighted by Crippen LogP contribution is 2.15. The molecule has 4 nitrogen and oxygen atoms in total. The van der Waals surface area contributed by atoms with Crippen LogP contribution in [0.1, 0.15) is 15.9 Å². The molecule has 0 aliphatic heterocycles. The maximum absolute atomic E-state index is 12.1. The number of hydrogen-bond donors (Lipinski definition) is 2. The lowest BCUT2D eigenvalue weighted by Gasteiger charge is -2.07. The number of nitrogens with one attached hydrogen (secondary N) is 2. The molecule has 2 N–H and O–H groups in total. The highest BCUT2D eigenvalue weighted by atomic mass is 79.9. The van der Waals surface area contributed by atoms with E-state index in [4.69, 9.17) is 0 Å². The smallest absolute Gasteiger partial charge is 0.255 e. The van der Waals surface area contributed by atoms with Gasteiger partial charge in [-0.2, -0.15) is 0 Å². The molecule has 0 unspecified atom stereocenters. The zero-order valence-corrected chi connectivity index (χ0v) is 13.1. The fourth-order valence-electron chi connectivity index (χ4n) is 1.82. The Hall–Kier alpha value is -2.14. The van der Waals surface area contributed by atoms with E-state index in [1.165, 1.54) is 0 Å². The van der Waals surface area contributed by atoms with E-state index in [0.717, 1.165) is 5.56 Å². The number of hydrogen-bond acceptors (Lipinski definition) is 2. The minimum absolute atomic E-state index is 0.119. The van der Waals surface area contributed by atoms with Crippen molar-refractivity contribution in [2.45, 2.75) is 6.92 Å². The minimum Gasteiger partial charge on any atom is -0.325 e. The van der Waals surface area contributed by atoms with Gasteiger partial charge in [-0.15, -0.1) is 0 Å². The molecular formula is C16H15BrN2O2. The fraction of sp³-hybridized carbons (Fsp3) is 0.125. The van der Waals surface area contributed by atoms with Gasteiger partial charge in [0.25, 0.3) is 5.91 Å². The molecule has 21 heavy (non-hydrogen) atoms. The molecule has 2 aromatic carbocycles. The van der Waals surface area contributed by atoms with Gasteiger partial charge in [0, 0.05) is 16.9 Å². The van der Waals surface area contributed by atoms with Crippen molar-refractivity contribution in [1.29, 1.82) is 0 Å². The molecule has 0 aromatic heterocycles. The Labute approximate surface area is 131 Å². The highest BCUT2D eigenvalue weighted by Gasteiger charge is 2.06. The third-order valence-electron chi connectivity index (χ3n) is 2.83. The molecule has 5 heteroatoms. The van der Waals surface area contributed by atoms with Gasteiger partial charge in [0.2, 0.25) is 5.91 Å². The number of aryl methyl sites for hydroxylation is 1. The second-order valence-corrected chi connectivity index (χ2v) is 5.14. The monoisotopic (exact) mass is 346 g/mol. The normalized spacial score (nSPS) is 10.0. The van der Waals surface area contributed by atoms with Crippen LogP contribution in [0.4, 0.5) is 11.4 Å². The van der Waals surface area contributed by atoms with Crippen LogP contribution in [0.25, 0.3) is 0 Å². The predicted molar refractivity (Wildman–Crippen MR) is 88.0 cm³/mol. The van der Waals surface area contributed by atoms with E-state index in [1.807, 2.05) is 25.1 Å². The lowest BCUT2D eigenvalue weighted by atomic mass is 10.1. The van der Waals surface area contributed by atoms with Crippen molar-refractivity contribution >= 4 is 39.1 Å². The number of alkyl halides is 1. The van der Waals surface area contributed by atoms with Gasteiger partial charge in [-0.25, -0.2) is 0 Å². The van der Waals surface area contributed by atoms with Crippen molar-refractivity contribution in [3.63, 3.8) is 0 Å². The third-order valence-corrected chi connectivity index (χ3v) is 3.34. The van der Waals surface area contributed by atoms with Crippen molar-refractivity contribution in [3.05, 3.63) is 59.7 Å². The van der Waals surface area contributed by atoms with E-state index in [1.54, 1.807) is 30.3 Å². The maximum atomic E-state index is 12.1. The van der Waals surface area contributed by atoms with Gasteiger partial charge < -0.3 is 10.6 Å². The molecule has 2 aromatic rings. The van der Waals surface area contributed by atoms with Crippen LogP contribution in [0.5, 0.6) is 0 Å². The van der Waals surface area contributed by atoms with Crippen LogP contribution in [0.2, 0.25) is 0 Å². The van der Waals surface area contributed by atoms with Gasteiger partial charge in [0.15, 0.2) is 0 Å². The number of carbonyl (C=O) groups is 2. The lowest BCUT2D eigenvalue weighted by Crippen LogP contribution is -2.13. The van der Waals surface area contributed by atoms with Crippen LogP contribution in [0.3, 0.4) is 0 Å². The Balaban J connectivity index is 2.03. The quantitative estimate of drug-likeness (QED) is 0.831. The van der Waals surface area contributed by atoms with Crippen LogP contribution < -0.4 is 10.6 Å². The Morgan fingerprint density at radius 2 is 1.62 bits per heavy atom. The Morgan fingerprint density at radius 3 is 2.19 bits per heavy atom. The second kappa shape index (κ2) is 7.04. The first kappa shape index (κ1) is 15.3. The summed E-state index contributed by atoms with van der Waals surface area (Å²) in [4.78, 5) is 23.3. The van der Waals surface area contributed by atoms with Crippen molar-refractivity contribution in [2.24, 2.45) is 0 Å². The van der Waals surface area contributed by atoms with Gasteiger partial charge >= 0.3 is 0 Å². The van der Waals surface area contributed by atoms with E-state index in [-0.39, 0.29) is 17.1 Å². The van der Waals surface area contributed by atoms with Crippen molar-refractivity contribution in [3.8, 4) is 0 Å². The fourth-order valence-corrected chi connectivity index (χ4v) is 1.96. The van der Waals surface area contributed by atoms with Crippen LogP contribution in [-0.2, 0) is 4.79 Å². The van der Waals surface area contributed by atoms with Gasteiger partial charge in [-0.1, -0.05) is 33.6 Å². The summed E-state index contributed by atoms with van der Waals surface area (Å²) in [6.07, 6.45) is 0.